The van der Waals surface area contributed by atoms with Crippen LogP contribution in [0.1, 0.15) is 39.0 Å². The van der Waals surface area contributed by atoms with E-state index in [0.29, 0.717) is 0 Å². The van der Waals surface area contributed by atoms with Crippen LogP contribution in [0.3, 0.4) is 0 Å². The summed E-state index contributed by atoms with van der Waals surface area (Å²) in [5, 5.41) is 0. The van der Waals surface area contributed by atoms with Crippen molar-refractivity contribution in [2.45, 2.75) is 45.1 Å². The second kappa shape index (κ2) is 6.72. The molecule has 2 aliphatic heterocycles. The van der Waals surface area contributed by atoms with Gasteiger partial charge in [0.15, 0.2) is 0 Å². The number of nitrogens with two attached hydrogens (primary N) is 1. The fourth-order valence-electron chi connectivity index (χ4n) is 3.27. The number of nitrogens with zero attached hydrogens (tertiary/aromatic N) is 2. The highest BCUT2D eigenvalue weighted by atomic mass is 15.2. The molecule has 0 saturated carbocycles. The molecule has 0 spiro atoms. The maximum absolute atomic E-state index is 5.80. The Morgan fingerprint density at radius 2 is 1.88 bits per heavy atom. The summed E-state index contributed by atoms with van der Waals surface area (Å²) in [7, 11) is 0. The molecule has 0 aromatic heterocycles. The maximum Gasteiger partial charge on any atom is 0.00671 e. The van der Waals surface area contributed by atoms with Crippen molar-refractivity contribution in [1.29, 1.82) is 0 Å². The lowest BCUT2D eigenvalue weighted by atomic mass is 9.93. The third-order valence-electron chi connectivity index (χ3n) is 4.56. The molecular weight excluding hydrogens is 210 g/mol. The van der Waals surface area contributed by atoms with Crippen LogP contribution >= 0.6 is 0 Å². The third-order valence-corrected chi connectivity index (χ3v) is 4.56. The zero-order valence-corrected chi connectivity index (χ0v) is 11.4. The topological polar surface area (TPSA) is 32.5 Å². The molecule has 2 heterocycles. The summed E-state index contributed by atoms with van der Waals surface area (Å²) >= 11 is 0. The van der Waals surface area contributed by atoms with Gasteiger partial charge in [-0.1, -0.05) is 0 Å². The van der Waals surface area contributed by atoms with Gasteiger partial charge in [-0.05, 0) is 77.7 Å². The number of piperidine rings is 1. The highest BCUT2D eigenvalue weighted by molar-refractivity contribution is 4.79. The summed E-state index contributed by atoms with van der Waals surface area (Å²) < 4.78 is 0. The highest BCUT2D eigenvalue weighted by Gasteiger charge is 2.24. The van der Waals surface area contributed by atoms with E-state index in [2.05, 4.69) is 16.7 Å². The molecule has 0 aliphatic carbocycles. The van der Waals surface area contributed by atoms with Crippen molar-refractivity contribution in [3.8, 4) is 0 Å². The number of rotatable bonds is 5. The Kier molecular flexibility index (Phi) is 5.26. The molecule has 100 valence electrons. The Labute approximate surface area is 106 Å². The van der Waals surface area contributed by atoms with E-state index in [0.717, 1.165) is 18.5 Å². The molecule has 2 atom stereocenters. The van der Waals surface area contributed by atoms with Crippen LogP contribution < -0.4 is 5.73 Å². The monoisotopic (exact) mass is 239 g/mol. The molecule has 2 saturated heterocycles. The van der Waals surface area contributed by atoms with Crippen molar-refractivity contribution in [1.82, 2.24) is 9.80 Å². The highest BCUT2D eigenvalue weighted by Crippen LogP contribution is 2.21. The van der Waals surface area contributed by atoms with Crippen LogP contribution in [0, 0.1) is 5.92 Å². The molecule has 0 radical (unpaired) electrons. The molecule has 0 bridgehead atoms. The van der Waals surface area contributed by atoms with Gasteiger partial charge in [-0.25, -0.2) is 0 Å². The molecular formula is C14H29N3. The van der Waals surface area contributed by atoms with E-state index in [9.17, 15) is 0 Å². The Morgan fingerprint density at radius 1 is 1.12 bits per heavy atom. The van der Waals surface area contributed by atoms with E-state index in [1.54, 1.807) is 0 Å². The molecule has 2 unspecified atom stereocenters. The van der Waals surface area contributed by atoms with Crippen LogP contribution in [-0.4, -0.2) is 55.1 Å². The molecule has 0 aromatic rings. The molecule has 2 fully saturated rings. The summed E-state index contributed by atoms with van der Waals surface area (Å²) in [5.41, 5.74) is 5.80. The van der Waals surface area contributed by atoms with Gasteiger partial charge in [0.25, 0.3) is 0 Å². The summed E-state index contributed by atoms with van der Waals surface area (Å²) in [6.45, 7) is 9.72. The Morgan fingerprint density at radius 3 is 2.59 bits per heavy atom. The second-order valence-electron chi connectivity index (χ2n) is 5.93. The summed E-state index contributed by atoms with van der Waals surface area (Å²) in [6, 6.07) is 0.774. The average Bonchev–Trinajstić information content (AvgIpc) is 2.84. The first-order valence-electron chi connectivity index (χ1n) is 7.46. The minimum Gasteiger partial charge on any atom is -0.330 e. The minimum atomic E-state index is 0.748. The first kappa shape index (κ1) is 13.3. The molecule has 2 aliphatic rings. The van der Waals surface area contributed by atoms with E-state index < -0.39 is 0 Å². The SMILES string of the molecule is CC1CCC(CN)CN1CCCN1CCCC1. The Hall–Kier alpha value is -0.120. The van der Waals surface area contributed by atoms with E-state index in [-0.39, 0.29) is 0 Å². The molecule has 0 aromatic carbocycles. The zero-order chi connectivity index (χ0) is 12.1. The first-order valence-corrected chi connectivity index (χ1v) is 7.46. The largest absolute Gasteiger partial charge is 0.330 e. The lowest BCUT2D eigenvalue weighted by molar-refractivity contribution is 0.115. The number of hydrogen-bond donors (Lipinski definition) is 1. The van der Waals surface area contributed by atoms with Crippen LogP contribution in [0.25, 0.3) is 0 Å². The van der Waals surface area contributed by atoms with Gasteiger partial charge in [0, 0.05) is 12.6 Å². The van der Waals surface area contributed by atoms with Gasteiger partial charge in [0.1, 0.15) is 0 Å². The van der Waals surface area contributed by atoms with Gasteiger partial charge in [-0.15, -0.1) is 0 Å². The van der Waals surface area contributed by atoms with Gasteiger partial charge in [-0.3, -0.25) is 0 Å². The van der Waals surface area contributed by atoms with Gasteiger partial charge in [0.05, 0.1) is 0 Å². The quantitative estimate of drug-likeness (QED) is 0.790. The average molecular weight is 239 g/mol. The Balaban J connectivity index is 1.65. The van der Waals surface area contributed by atoms with Crippen molar-refractivity contribution in [3.63, 3.8) is 0 Å². The van der Waals surface area contributed by atoms with Gasteiger partial charge in [0.2, 0.25) is 0 Å². The normalized spacial score (nSPS) is 32.1. The van der Waals surface area contributed by atoms with Gasteiger partial charge in [-0.2, -0.15) is 0 Å². The van der Waals surface area contributed by atoms with Crippen LogP contribution in [-0.2, 0) is 0 Å². The standard InChI is InChI=1S/C14H29N3/c1-13-5-6-14(11-15)12-17(13)10-4-9-16-7-2-3-8-16/h13-14H,2-12,15H2,1H3. The lowest BCUT2D eigenvalue weighted by Crippen LogP contribution is -2.44. The zero-order valence-electron chi connectivity index (χ0n) is 11.4. The predicted octanol–water partition coefficient (Wildman–Crippen LogP) is 1.53. The lowest BCUT2D eigenvalue weighted by Gasteiger charge is -2.38. The van der Waals surface area contributed by atoms with E-state index >= 15 is 0 Å². The molecule has 17 heavy (non-hydrogen) atoms. The first-order chi connectivity index (χ1) is 8.29. The molecule has 0 amide bonds. The van der Waals surface area contributed by atoms with Crippen LogP contribution in [0.2, 0.25) is 0 Å². The van der Waals surface area contributed by atoms with Crippen molar-refractivity contribution >= 4 is 0 Å². The van der Waals surface area contributed by atoms with Crippen LogP contribution in [0.15, 0.2) is 0 Å². The van der Waals surface area contributed by atoms with Crippen molar-refractivity contribution < 1.29 is 0 Å². The van der Waals surface area contributed by atoms with Crippen LogP contribution in [0.5, 0.6) is 0 Å². The second-order valence-corrected chi connectivity index (χ2v) is 5.93. The maximum atomic E-state index is 5.80. The van der Waals surface area contributed by atoms with Crippen LogP contribution in [0.4, 0.5) is 0 Å². The van der Waals surface area contributed by atoms with E-state index in [1.807, 2.05) is 0 Å². The smallest absolute Gasteiger partial charge is 0.00671 e. The molecule has 2 rings (SSSR count). The number of hydrogen-bond acceptors (Lipinski definition) is 3. The summed E-state index contributed by atoms with van der Waals surface area (Å²) in [6.07, 6.45) is 6.83. The van der Waals surface area contributed by atoms with E-state index in [1.165, 1.54) is 64.8 Å². The fraction of sp³-hybridized carbons (Fsp3) is 1.00. The van der Waals surface area contributed by atoms with Crippen molar-refractivity contribution in [2.24, 2.45) is 11.7 Å². The molecule has 3 heteroatoms. The van der Waals surface area contributed by atoms with Gasteiger partial charge >= 0.3 is 0 Å². The van der Waals surface area contributed by atoms with Gasteiger partial charge < -0.3 is 15.5 Å². The molecule has 2 N–H and O–H groups in total. The van der Waals surface area contributed by atoms with Crippen molar-refractivity contribution in [2.75, 3.05) is 39.3 Å². The minimum absolute atomic E-state index is 0.748. The predicted molar refractivity (Wildman–Crippen MR) is 73.1 cm³/mol. The fourth-order valence-corrected chi connectivity index (χ4v) is 3.27. The molecule has 3 nitrogen and oxygen atoms in total. The third kappa shape index (κ3) is 3.94. The summed E-state index contributed by atoms with van der Waals surface area (Å²) in [5.74, 6) is 0.748. The number of likely N-dealkylation sites (tertiary alicyclic amines) is 2. The van der Waals surface area contributed by atoms with Crippen molar-refractivity contribution in [3.05, 3.63) is 0 Å². The Bertz CT molecular complexity index is 214. The van der Waals surface area contributed by atoms with E-state index in [4.69, 9.17) is 5.73 Å². The summed E-state index contributed by atoms with van der Waals surface area (Å²) in [4.78, 5) is 5.28.